The first-order valence-electron chi connectivity index (χ1n) is 6.83. The predicted molar refractivity (Wildman–Crippen MR) is 82.7 cm³/mol. The lowest BCUT2D eigenvalue weighted by atomic mass is 10.1. The van der Waals surface area contributed by atoms with E-state index < -0.39 is 0 Å². The van der Waals surface area contributed by atoms with E-state index in [0.717, 1.165) is 22.8 Å². The second kappa shape index (κ2) is 5.75. The number of hydrogen-bond acceptors (Lipinski definition) is 4. The molecule has 1 N–H and O–H groups in total. The number of aromatic nitrogens is 4. The van der Waals surface area contributed by atoms with Gasteiger partial charge in [-0.1, -0.05) is 18.2 Å². The van der Waals surface area contributed by atoms with Gasteiger partial charge in [-0.3, -0.25) is 4.98 Å². The van der Waals surface area contributed by atoms with Crippen molar-refractivity contribution in [2.45, 2.75) is 13.5 Å². The van der Waals surface area contributed by atoms with Crippen molar-refractivity contribution in [3.8, 4) is 11.4 Å². The monoisotopic (exact) mass is 279 g/mol. The third-order valence-electron chi connectivity index (χ3n) is 3.31. The van der Waals surface area contributed by atoms with E-state index in [-0.39, 0.29) is 0 Å². The van der Waals surface area contributed by atoms with Crippen LogP contribution in [0, 0.1) is 6.92 Å². The lowest BCUT2D eigenvalue weighted by molar-refractivity contribution is 0.919. The average molecular weight is 279 g/mol. The van der Waals surface area contributed by atoms with E-state index in [4.69, 9.17) is 0 Å². The predicted octanol–water partition coefficient (Wildman–Crippen LogP) is 2.80. The SMILES string of the molecule is Cc1ccc(CNc2ccccc2-c2nncn2C)nc1. The van der Waals surface area contributed by atoms with Gasteiger partial charge in [-0.25, -0.2) is 0 Å². The Balaban J connectivity index is 1.83. The van der Waals surface area contributed by atoms with Crippen LogP contribution < -0.4 is 5.32 Å². The molecule has 21 heavy (non-hydrogen) atoms. The highest BCUT2D eigenvalue weighted by molar-refractivity contribution is 5.73. The number of nitrogens with zero attached hydrogens (tertiary/aromatic N) is 4. The molecule has 0 saturated heterocycles. The van der Waals surface area contributed by atoms with Crippen LogP contribution in [-0.2, 0) is 13.6 Å². The first-order valence-corrected chi connectivity index (χ1v) is 6.83. The minimum absolute atomic E-state index is 0.676. The smallest absolute Gasteiger partial charge is 0.165 e. The quantitative estimate of drug-likeness (QED) is 0.798. The van der Waals surface area contributed by atoms with E-state index in [1.807, 2.05) is 55.1 Å². The Morgan fingerprint density at radius 1 is 1.14 bits per heavy atom. The third kappa shape index (κ3) is 2.91. The van der Waals surface area contributed by atoms with Crippen LogP contribution in [0.15, 0.2) is 48.9 Å². The molecular formula is C16H17N5. The van der Waals surface area contributed by atoms with Crippen LogP contribution in [0.3, 0.4) is 0 Å². The zero-order chi connectivity index (χ0) is 14.7. The van der Waals surface area contributed by atoms with Crippen LogP contribution in [0.1, 0.15) is 11.3 Å². The molecule has 3 rings (SSSR count). The number of rotatable bonds is 4. The largest absolute Gasteiger partial charge is 0.379 e. The van der Waals surface area contributed by atoms with Crippen molar-refractivity contribution < 1.29 is 0 Å². The zero-order valence-electron chi connectivity index (χ0n) is 12.1. The van der Waals surface area contributed by atoms with Gasteiger partial charge in [0.05, 0.1) is 12.2 Å². The molecule has 0 fully saturated rings. The molecule has 106 valence electrons. The Hall–Kier alpha value is -2.69. The summed E-state index contributed by atoms with van der Waals surface area (Å²) in [5, 5.41) is 11.5. The lowest BCUT2D eigenvalue weighted by Gasteiger charge is -2.11. The fraction of sp³-hybridized carbons (Fsp3) is 0.188. The third-order valence-corrected chi connectivity index (χ3v) is 3.31. The maximum atomic E-state index is 4.41. The molecule has 0 spiro atoms. The Kier molecular flexibility index (Phi) is 3.64. The van der Waals surface area contributed by atoms with Crippen molar-refractivity contribution in [1.29, 1.82) is 0 Å². The van der Waals surface area contributed by atoms with Gasteiger partial charge in [0.2, 0.25) is 0 Å². The van der Waals surface area contributed by atoms with Crippen molar-refractivity contribution >= 4 is 5.69 Å². The van der Waals surface area contributed by atoms with E-state index in [2.05, 4.69) is 26.6 Å². The maximum absolute atomic E-state index is 4.41. The van der Waals surface area contributed by atoms with E-state index >= 15 is 0 Å². The summed E-state index contributed by atoms with van der Waals surface area (Å²) < 4.78 is 1.91. The van der Waals surface area contributed by atoms with Gasteiger partial charge in [0.25, 0.3) is 0 Å². The van der Waals surface area contributed by atoms with E-state index in [0.29, 0.717) is 6.54 Å². The summed E-state index contributed by atoms with van der Waals surface area (Å²) in [4.78, 5) is 4.41. The van der Waals surface area contributed by atoms with Gasteiger partial charge in [0.1, 0.15) is 6.33 Å². The van der Waals surface area contributed by atoms with E-state index in [9.17, 15) is 0 Å². The maximum Gasteiger partial charge on any atom is 0.165 e. The molecular weight excluding hydrogens is 262 g/mol. The van der Waals surface area contributed by atoms with Gasteiger partial charge in [0, 0.05) is 24.5 Å². The molecule has 5 heteroatoms. The highest BCUT2D eigenvalue weighted by Gasteiger charge is 2.09. The van der Waals surface area contributed by atoms with Crippen molar-refractivity contribution in [2.75, 3.05) is 5.32 Å². The molecule has 0 unspecified atom stereocenters. The Morgan fingerprint density at radius 3 is 2.71 bits per heavy atom. The van der Waals surface area contributed by atoms with Gasteiger partial charge >= 0.3 is 0 Å². The van der Waals surface area contributed by atoms with Crippen molar-refractivity contribution in [2.24, 2.45) is 7.05 Å². The van der Waals surface area contributed by atoms with Crippen LogP contribution in [-0.4, -0.2) is 19.7 Å². The molecule has 3 aromatic rings. The average Bonchev–Trinajstić information content (AvgIpc) is 2.93. The molecule has 2 aromatic heterocycles. The summed E-state index contributed by atoms with van der Waals surface area (Å²) in [5.74, 6) is 0.843. The van der Waals surface area contributed by atoms with Crippen LogP contribution in [0.2, 0.25) is 0 Å². The minimum Gasteiger partial charge on any atom is -0.379 e. The Labute approximate surface area is 123 Å². The van der Waals surface area contributed by atoms with Crippen molar-refractivity contribution in [3.63, 3.8) is 0 Å². The molecule has 0 aliphatic rings. The number of benzene rings is 1. The fourth-order valence-electron chi connectivity index (χ4n) is 2.15. The number of para-hydroxylation sites is 1. The number of pyridine rings is 1. The molecule has 0 amide bonds. The van der Waals surface area contributed by atoms with Crippen LogP contribution >= 0.6 is 0 Å². The number of nitrogens with one attached hydrogen (secondary N) is 1. The Bertz CT molecular complexity index is 730. The van der Waals surface area contributed by atoms with E-state index in [1.54, 1.807) is 6.33 Å². The van der Waals surface area contributed by atoms with Crippen molar-refractivity contribution in [1.82, 2.24) is 19.7 Å². The van der Waals surface area contributed by atoms with Gasteiger partial charge in [-0.05, 0) is 30.7 Å². The summed E-state index contributed by atoms with van der Waals surface area (Å²) >= 11 is 0. The first-order chi connectivity index (χ1) is 10.2. The normalized spacial score (nSPS) is 10.6. The Morgan fingerprint density at radius 2 is 2.00 bits per heavy atom. The van der Waals surface area contributed by atoms with Gasteiger partial charge < -0.3 is 9.88 Å². The topological polar surface area (TPSA) is 55.6 Å². The second-order valence-corrected chi connectivity index (χ2v) is 4.99. The second-order valence-electron chi connectivity index (χ2n) is 4.99. The first kappa shape index (κ1) is 13.3. The molecule has 0 aliphatic heterocycles. The standard InChI is InChI=1S/C16H17N5/c1-12-7-8-13(17-9-12)10-18-15-6-4-3-5-14(15)16-20-19-11-21(16)2/h3-9,11,18H,10H2,1-2H3. The molecule has 0 aliphatic carbocycles. The summed E-state index contributed by atoms with van der Waals surface area (Å²) in [6.07, 6.45) is 3.58. The van der Waals surface area contributed by atoms with Crippen molar-refractivity contribution in [3.05, 3.63) is 60.2 Å². The highest BCUT2D eigenvalue weighted by atomic mass is 15.2. The van der Waals surface area contributed by atoms with Gasteiger partial charge in [-0.15, -0.1) is 10.2 Å². The fourth-order valence-corrected chi connectivity index (χ4v) is 2.15. The highest BCUT2D eigenvalue weighted by Crippen LogP contribution is 2.25. The van der Waals surface area contributed by atoms with Crippen LogP contribution in [0.5, 0.6) is 0 Å². The number of anilines is 1. The van der Waals surface area contributed by atoms with E-state index in [1.165, 1.54) is 5.56 Å². The molecule has 0 saturated carbocycles. The molecule has 0 atom stereocenters. The van der Waals surface area contributed by atoms with Gasteiger partial charge in [-0.2, -0.15) is 0 Å². The molecule has 0 bridgehead atoms. The van der Waals surface area contributed by atoms with Crippen LogP contribution in [0.25, 0.3) is 11.4 Å². The van der Waals surface area contributed by atoms with Gasteiger partial charge in [0.15, 0.2) is 5.82 Å². The summed E-state index contributed by atoms with van der Waals surface area (Å²) in [5.41, 5.74) is 4.23. The molecule has 0 radical (unpaired) electrons. The summed E-state index contributed by atoms with van der Waals surface area (Å²) in [7, 11) is 1.94. The summed E-state index contributed by atoms with van der Waals surface area (Å²) in [6, 6.07) is 12.2. The summed E-state index contributed by atoms with van der Waals surface area (Å²) in [6.45, 7) is 2.71. The lowest BCUT2D eigenvalue weighted by Crippen LogP contribution is -2.04. The molecule has 5 nitrogen and oxygen atoms in total. The minimum atomic E-state index is 0.676. The molecule has 1 aromatic carbocycles. The number of hydrogen-bond donors (Lipinski definition) is 1. The van der Waals surface area contributed by atoms with Crippen LogP contribution in [0.4, 0.5) is 5.69 Å². The molecule has 2 heterocycles. The number of aryl methyl sites for hydroxylation is 2. The zero-order valence-corrected chi connectivity index (χ0v) is 12.1.